The van der Waals surface area contributed by atoms with E-state index in [9.17, 15) is 30.3 Å². The van der Waals surface area contributed by atoms with E-state index in [0.29, 0.717) is 6.42 Å². The van der Waals surface area contributed by atoms with Gasteiger partial charge in [0.1, 0.15) is 24.4 Å². The first-order valence-corrected chi connectivity index (χ1v) is 25.2. The minimum absolute atomic E-state index is 0.191. The maximum atomic E-state index is 13.0. The van der Waals surface area contributed by atoms with Crippen LogP contribution in [0.1, 0.15) is 226 Å². The van der Waals surface area contributed by atoms with Crippen molar-refractivity contribution in [3.8, 4) is 0 Å². The largest absolute Gasteiger partial charge is 0.394 e. The zero-order chi connectivity index (χ0) is 43.7. The molecule has 0 spiro atoms. The Balaban J connectivity index is 2.29. The Kier molecular flexibility index (Phi) is 39.0. The molecular weight excluding hydrogens is 755 g/mol. The van der Waals surface area contributed by atoms with E-state index >= 15 is 0 Å². The molecule has 7 atom stereocenters. The summed E-state index contributed by atoms with van der Waals surface area (Å²) in [5.41, 5.74) is 0. The molecule has 1 fully saturated rings. The Bertz CT molecular complexity index is 1030. The molecule has 0 aromatic carbocycles. The smallest absolute Gasteiger partial charge is 0.220 e. The number of allylic oxidation sites excluding steroid dienone is 5. The Morgan fingerprint density at radius 3 is 1.40 bits per heavy atom. The molecule has 1 amide bonds. The Morgan fingerprint density at radius 2 is 0.950 bits per heavy atom. The minimum atomic E-state index is -1.57. The lowest BCUT2D eigenvalue weighted by Crippen LogP contribution is -2.60. The predicted molar refractivity (Wildman–Crippen MR) is 249 cm³/mol. The number of nitrogens with one attached hydrogen (secondary N) is 1. The molecule has 0 aromatic heterocycles. The summed E-state index contributed by atoms with van der Waals surface area (Å²) in [4.78, 5) is 13.0. The van der Waals surface area contributed by atoms with E-state index in [0.717, 1.165) is 51.4 Å². The first kappa shape index (κ1) is 56.4. The normalized spacial score (nSPS) is 20.8. The standard InChI is InChI=1S/C51H95NO8/c1-3-5-7-9-11-13-15-17-19-20-21-22-23-24-25-26-27-29-31-33-35-37-39-41-47(55)52-44(43-59-51-50(58)49(57)48(56)46(42-53)60-51)45(54)40-38-36-34-32-30-28-18-16-14-12-10-8-6-4-2/h24-25,30,32,38,40,44-46,48-51,53-54,56-58H,3-23,26-29,31,33-37,39,41-43H2,1-2H3,(H,52,55)/b25-24-,32-30+,40-38+. The van der Waals surface area contributed by atoms with E-state index in [2.05, 4.69) is 43.5 Å². The first-order valence-electron chi connectivity index (χ1n) is 25.2. The zero-order valence-corrected chi connectivity index (χ0v) is 38.7. The molecule has 6 N–H and O–H groups in total. The molecule has 0 bridgehead atoms. The highest BCUT2D eigenvalue weighted by Gasteiger charge is 2.44. The number of rotatable bonds is 42. The third kappa shape index (κ3) is 31.3. The van der Waals surface area contributed by atoms with Crippen LogP contribution in [0.3, 0.4) is 0 Å². The summed E-state index contributed by atoms with van der Waals surface area (Å²) in [5, 5.41) is 54.2. The fourth-order valence-electron chi connectivity index (χ4n) is 7.87. The molecule has 0 radical (unpaired) electrons. The van der Waals surface area contributed by atoms with Gasteiger partial charge in [-0.1, -0.05) is 198 Å². The van der Waals surface area contributed by atoms with Crippen LogP contribution in [0.4, 0.5) is 0 Å². The van der Waals surface area contributed by atoms with E-state index in [1.165, 1.54) is 154 Å². The highest BCUT2D eigenvalue weighted by Crippen LogP contribution is 2.23. The molecule has 352 valence electrons. The third-order valence-electron chi connectivity index (χ3n) is 11.9. The van der Waals surface area contributed by atoms with E-state index in [1.54, 1.807) is 6.08 Å². The molecule has 1 saturated heterocycles. The minimum Gasteiger partial charge on any atom is -0.394 e. The van der Waals surface area contributed by atoms with E-state index < -0.39 is 49.5 Å². The first-order chi connectivity index (χ1) is 29.3. The number of aliphatic hydroxyl groups is 5. The van der Waals surface area contributed by atoms with Crippen LogP contribution in [-0.2, 0) is 14.3 Å². The quantitative estimate of drug-likeness (QED) is 0.0263. The summed E-state index contributed by atoms with van der Waals surface area (Å²) in [6.45, 7) is 3.76. The molecule has 0 aromatic rings. The van der Waals surface area contributed by atoms with E-state index in [-0.39, 0.29) is 12.5 Å². The SMILES string of the molecule is CCCCCCCCCC/C=C/CC/C=C/C(O)C(COC1OC(CO)C(O)C(O)C1O)NC(=O)CCCCCCCCC/C=C\CCCCCCCCCCCCCC. The van der Waals surface area contributed by atoms with Crippen LogP contribution >= 0.6 is 0 Å². The van der Waals surface area contributed by atoms with Gasteiger partial charge in [-0.3, -0.25) is 4.79 Å². The zero-order valence-electron chi connectivity index (χ0n) is 38.7. The fourth-order valence-corrected chi connectivity index (χ4v) is 7.87. The maximum absolute atomic E-state index is 13.0. The van der Waals surface area contributed by atoms with Crippen LogP contribution in [0.2, 0.25) is 0 Å². The van der Waals surface area contributed by atoms with Gasteiger partial charge in [0.05, 0.1) is 25.4 Å². The number of ether oxygens (including phenoxy) is 2. The topological polar surface area (TPSA) is 149 Å². The van der Waals surface area contributed by atoms with Crippen molar-refractivity contribution in [1.82, 2.24) is 5.32 Å². The molecule has 0 saturated carbocycles. The van der Waals surface area contributed by atoms with Crippen molar-refractivity contribution < 1.29 is 39.8 Å². The van der Waals surface area contributed by atoms with E-state index in [1.807, 2.05) is 6.08 Å². The Morgan fingerprint density at radius 1 is 0.550 bits per heavy atom. The second-order valence-electron chi connectivity index (χ2n) is 17.6. The van der Waals surface area contributed by atoms with Crippen LogP contribution in [0.5, 0.6) is 0 Å². The third-order valence-corrected chi connectivity index (χ3v) is 11.9. The van der Waals surface area contributed by atoms with Gasteiger partial charge in [0.15, 0.2) is 6.29 Å². The van der Waals surface area contributed by atoms with Crippen molar-refractivity contribution in [1.29, 1.82) is 0 Å². The summed E-state index contributed by atoms with van der Waals surface area (Å²) >= 11 is 0. The highest BCUT2D eigenvalue weighted by atomic mass is 16.7. The summed E-state index contributed by atoms with van der Waals surface area (Å²) in [5.74, 6) is -0.191. The Labute approximate surface area is 368 Å². The van der Waals surface area contributed by atoms with Crippen LogP contribution in [0.15, 0.2) is 36.5 Å². The van der Waals surface area contributed by atoms with Gasteiger partial charge in [0.25, 0.3) is 0 Å². The van der Waals surface area contributed by atoms with Crippen LogP contribution < -0.4 is 5.32 Å². The van der Waals surface area contributed by atoms with Crippen molar-refractivity contribution in [2.24, 2.45) is 0 Å². The van der Waals surface area contributed by atoms with Gasteiger partial charge in [-0.25, -0.2) is 0 Å². The Hall–Kier alpha value is -1.59. The van der Waals surface area contributed by atoms with Gasteiger partial charge in [-0.2, -0.15) is 0 Å². The molecule has 9 nitrogen and oxygen atoms in total. The average Bonchev–Trinajstić information content (AvgIpc) is 3.25. The molecule has 1 aliphatic rings. The molecule has 60 heavy (non-hydrogen) atoms. The summed E-state index contributed by atoms with van der Waals surface area (Å²) in [7, 11) is 0. The summed E-state index contributed by atoms with van der Waals surface area (Å²) in [6, 6.07) is -0.822. The van der Waals surface area contributed by atoms with Gasteiger partial charge in [0, 0.05) is 6.42 Å². The average molecular weight is 850 g/mol. The monoisotopic (exact) mass is 850 g/mol. The molecule has 1 heterocycles. The highest BCUT2D eigenvalue weighted by molar-refractivity contribution is 5.76. The van der Waals surface area contributed by atoms with Gasteiger partial charge in [0.2, 0.25) is 5.91 Å². The van der Waals surface area contributed by atoms with E-state index in [4.69, 9.17) is 9.47 Å². The number of hydrogen-bond acceptors (Lipinski definition) is 8. The number of unbranched alkanes of at least 4 members (excludes halogenated alkanes) is 28. The lowest BCUT2D eigenvalue weighted by atomic mass is 9.99. The molecule has 0 aliphatic carbocycles. The lowest BCUT2D eigenvalue weighted by Gasteiger charge is -2.40. The second kappa shape index (κ2) is 41.4. The van der Waals surface area contributed by atoms with Crippen molar-refractivity contribution in [2.45, 2.75) is 269 Å². The number of amides is 1. The molecule has 7 unspecified atom stereocenters. The molecule has 1 rings (SSSR count). The molecule has 9 heteroatoms. The predicted octanol–water partition coefficient (Wildman–Crippen LogP) is 11.2. The van der Waals surface area contributed by atoms with Crippen molar-refractivity contribution in [3.63, 3.8) is 0 Å². The van der Waals surface area contributed by atoms with Crippen molar-refractivity contribution >= 4 is 5.91 Å². The van der Waals surface area contributed by atoms with Gasteiger partial charge >= 0.3 is 0 Å². The maximum Gasteiger partial charge on any atom is 0.220 e. The van der Waals surface area contributed by atoms with Gasteiger partial charge in [-0.05, 0) is 57.8 Å². The molecule has 1 aliphatic heterocycles. The van der Waals surface area contributed by atoms with Crippen molar-refractivity contribution in [3.05, 3.63) is 36.5 Å². The van der Waals surface area contributed by atoms with Gasteiger partial charge < -0.3 is 40.3 Å². The number of carbonyl (C=O) groups excluding carboxylic acids is 1. The van der Waals surface area contributed by atoms with Crippen molar-refractivity contribution in [2.75, 3.05) is 13.2 Å². The van der Waals surface area contributed by atoms with Gasteiger partial charge in [-0.15, -0.1) is 0 Å². The van der Waals surface area contributed by atoms with Crippen LogP contribution in [0.25, 0.3) is 0 Å². The number of aliphatic hydroxyl groups excluding tert-OH is 5. The molecular formula is C51H95NO8. The number of hydrogen-bond donors (Lipinski definition) is 6. The summed E-state index contributed by atoms with van der Waals surface area (Å²) in [6.07, 6.45) is 44.8. The van der Waals surface area contributed by atoms with Crippen LogP contribution in [0, 0.1) is 0 Å². The lowest BCUT2D eigenvalue weighted by molar-refractivity contribution is -0.302. The number of carbonyl (C=O) groups is 1. The second-order valence-corrected chi connectivity index (χ2v) is 17.6. The fraction of sp³-hybridized carbons (Fsp3) is 0.863. The summed E-state index contributed by atoms with van der Waals surface area (Å²) < 4.78 is 11.2. The van der Waals surface area contributed by atoms with Crippen LogP contribution in [-0.4, -0.2) is 87.5 Å².